The van der Waals surface area contributed by atoms with Crippen LogP contribution in [0.1, 0.15) is 26.2 Å². The van der Waals surface area contributed by atoms with E-state index in [-0.39, 0.29) is 41.9 Å². The molecule has 0 aromatic rings. The molecule has 0 amide bonds. The molecule has 0 radical (unpaired) electrons. The van der Waals surface area contributed by atoms with E-state index in [2.05, 4.69) is 0 Å². The van der Waals surface area contributed by atoms with Gasteiger partial charge in [-0.05, 0) is 12.2 Å². The second kappa shape index (κ2) is 4.77. The lowest BCUT2D eigenvalue weighted by molar-refractivity contribution is -0.123. The lowest BCUT2D eigenvalue weighted by Crippen LogP contribution is -1.98. The van der Waals surface area contributed by atoms with Gasteiger partial charge in [0.15, 0.2) is 11.6 Å². The van der Waals surface area contributed by atoms with Crippen LogP contribution in [0.5, 0.6) is 0 Å². The standard InChI is InChI=1S/C6H8O2.C5H4O2/c1-4-2-5(7)3-6(4)8;6-4-1-2-5(7)3-4/h4H,2-3H2,1H3;1-2H,3H2. The van der Waals surface area contributed by atoms with Crippen LogP contribution in [0.15, 0.2) is 12.2 Å². The highest BCUT2D eigenvalue weighted by Gasteiger charge is 2.26. The number of carbonyl (C=O) groups excluding carboxylic acids is 4. The van der Waals surface area contributed by atoms with E-state index < -0.39 is 0 Å². The van der Waals surface area contributed by atoms with E-state index in [0.717, 1.165) is 0 Å². The maximum Gasteiger partial charge on any atom is 0.163 e. The second-order valence-corrected chi connectivity index (χ2v) is 3.73. The van der Waals surface area contributed by atoms with Crippen LogP contribution >= 0.6 is 0 Å². The number of hydrogen-bond acceptors (Lipinski definition) is 4. The lowest BCUT2D eigenvalue weighted by Gasteiger charge is -1.89. The van der Waals surface area contributed by atoms with Gasteiger partial charge in [0.1, 0.15) is 11.6 Å². The fraction of sp³-hybridized carbons (Fsp3) is 0.455. The molecule has 0 N–H and O–H groups in total. The topological polar surface area (TPSA) is 68.3 Å². The Bertz CT molecular complexity index is 336. The van der Waals surface area contributed by atoms with Crippen molar-refractivity contribution >= 4 is 23.1 Å². The number of carbonyl (C=O) groups is 4. The largest absolute Gasteiger partial charge is 0.299 e. The zero-order chi connectivity index (χ0) is 11.4. The summed E-state index contributed by atoms with van der Waals surface area (Å²) in [5, 5.41) is 0. The summed E-state index contributed by atoms with van der Waals surface area (Å²) in [6.07, 6.45) is 3.35. The Labute approximate surface area is 87.3 Å². The first-order valence-corrected chi connectivity index (χ1v) is 4.77. The monoisotopic (exact) mass is 208 g/mol. The third kappa shape index (κ3) is 3.58. The van der Waals surface area contributed by atoms with Crippen LogP contribution in [0.25, 0.3) is 0 Å². The van der Waals surface area contributed by atoms with Crippen molar-refractivity contribution in [2.45, 2.75) is 26.2 Å². The van der Waals surface area contributed by atoms with Crippen molar-refractivity contribution in [3.05, 3.63) is 12.2 Å². The highest BCUT2D eigenvalue weighted by atomic mass is 16.2. The highest BCUT2D eigenvalue weighted by molar-refractivity contribution is 6.16. The van der Waals surface area contributed by atoms with Gasteiger partial charge in [-0.2, -0.15) is 0 Å². The van der Waals surface area contributed by atoms with Crippen LogP contribution in [-0.2, 0) is 19.2 Å². The predicted octanol–water partition coefficient (Wildman–Crippen LogP) is 0.639. The molecule has 2 aliphatic rings. The molecular weight excluding hydrogens is 196 g/mol. The van der Waals surface area contributed by atoms with Crippen molar-refractivity contribution in [2.75, 3.05) is 0 Å². The summed E-state index contributed by atoms with van der Waals surface area (Å²) in [4.78, 5) is 41.3. The minimum absolute atomic E-state index is 0.00231. The average Bonchev–Trinajstić information content (AvgIpc) is 2.61. The smallest absolute Gasteiger partial charge is 0.163 e. The van der Waals surface area contributed by atoms with Crippen molar-refractivity contribution < 1.29 is 19.2 Å². The molecule has 80 valence electrons. The van der Waals surface area contributed by atoms with Crippen molar-refractivity contribution in [3.8, 4) is 0 Å². The van der Waals surface area contributed by atoms with Gasteiger partial charge in [-0.25, -0.2) is 0 Å². The predicted molar refractivity (Wildman–Crippen MR) is 52.2 cm³/mol. The van der Waals surface area contributed by atoms with Gasteiger partial charge in [0.2, 0.25) is 0 Å². The Hall–Kier alpha value is -1.58. The van der Waals surface area contributed by atoms with E-state index in [0.29, 0.717) is 6.42 Å². The molecule has 0 aliphatic heterocycles. The van der Waals surface area contributed by atoms with Gasteiger partial charge >= 0.3 is 0 Å². The summed E-state index contributed by atoms with van der Waals surface area (Å²) in [5.41, 5.74) is 0. The van der Waals surface area contributed by atoms with Gasteiger partial charge in [-0.15, -0.1) is 0 Å². The molecule has 4 nitrogen and oxygen atoms in total. The van der Waals surface area contributed by atoms with Crippen LogP contribution in [0.4, 0.5) is 0 Å². The summed E-state index contributed by atoms with van der Waals surface area (Å²) >= 11 is 0. The summed E-state index contributed by atoms with van der Waals surface area (Å²) in [6, 6.07) is 0. The van der Waals surface area contributed by atoms with Crippen molar-refractivity contribution in [2.24, 2.45) is 5.92 Å². The second-order valence-electron chi connectivity index (χ2n) is 3.73. The number of hydrogen-bond donors (Lipinski definition) is 0. The molecule has 1 atom stereocenters. The van der Waals surface area contributed by atoms with E-state index in [4.69, 9.17) is 0 Å². The SMILES string of the molecule is CC1CC(=O)CC1=O.O=C1C=CC(=O)C1. The van der Waals surface area contributed by atoms with Crippen LogP contribution in [0, 0.1) is 5.92 Å². The molecule has 0 bridgehead atoms. The quantitative estimate of drug-likeness (QED) is 0.548. The van der Waals surface area contributed by atoms with Gasteiger partial charge in [0.05, 0.1) is 12.8 Å². The maximum absolute atomic E-state index is 10.6. The zero-order valence-electron chi connectivity index (χ0n) is 8.49. The Morgan fingerprint density at radius 3 is 1.67 bits per heavy atom. The molecule has 0 heterocycles. The molecule has 0 saturated heterocycles. The van der Waals surface area contributed by atoms with Gasteiger partial charge < -0.3 is 0 Å². The van der Waals surface area contributed by atoms with Gasteiger partial charge in [-0.3, -0.25) is 19.2 Å². The maximum atomic E-state index is 10.6. The van der Waals surface area contributed by atoms with E-state index >= 15 is 0 Å². The molecule has 2 aliphatic carbocycles. The summed E-state index contributed by atoms with van der Waals surface area (Å²) in [5.74, 6) is 0.0509. The Kier molecular flexibility index (Phi) is 3.66. The van der Waals surface area contributed by atoms with Crippen LogP contribution in [-0.4, -0.2) is 23.1 Å². The van der Waals surface area contributed by atoms with E-state index in [1.807, 2.05) is 0 Å². The molecular formula is C11H12O4. The van der Waals surface area contributed by atoms with Crippen LogP contribution in [0.3, 0.4) is 0 Å². The first kappa shape index (κ1) is 11.5. The Balaban J connectivity index is 0.000000151. The van der Waals surface area contributed by atoms with E-state index in [1.165, 1.54) is 12.2 Å². The summed E-state index contributed by atoms with van der Waals surface area (Å²) in [6.45, 7) is 1.80. The molecule has 15 heavy (non-hydrogen) atoms. The molecule has 0 aromatic carbocycles. The lowest BCUT2D eigenvalue weighted by atomic mass is 10.1. The van der Waals surface area contributed by atoms with E-state index in [1.54, 1.807) is 6.92 Å². The number of Topliss-reactive ketones (excluding diaryl/α,β-unsaturated/α-hetero) is 2. The zero-order valence-corrected chi connectivity index (χ0v) is 8.49. The third-order valence-electron chi connectivity index (χ3n) is 2.26. The minimum Gasteiger partial charge on any atom is -0.299 e. The molecule has 1 saturated carbocycles. The first-order valence-electron chi connectivity index (χ1n) is 4.77. The van der Waals surface area contributed by atoms with Crippen molar-refractivity contribution in [1.82, 2.24) is 0 Å². The van der Waals surface area contributed by atoms with Crippen LogP contribution < -0.4 is 0 Å². The van der Waals surface area contributed by atoms with Crippen molar-refractivity contribution in [3.63, 3.8) is 0 Å². The molecule has 1 fully saturated rings. The Morgan fingerprint density at radius 2 is 1.53 bits per heavy atom. The molecule has 2 rings (SSSR count). The van der Waals surface area contributed by atoms with Crippen LogP contribution in [0.2, 0.25) is 0 Å². The minimum atomic E-state index is -0.0787. The van der Waals surface area contributed by atoms with E-state index in [9.17, 15) is 19.2 Å². The molecule has 0 aromatic heterocycles. The average molecular weight is 208 g/mol. The fourth-order valence-electron chi connectivity index (χ4n) is 1.37. The molecule has 4 heteroatoms. The highest BCUT2D eigenvalue weighted by Crippen LogP contribution is 2.16. The van der Waals surface area contributed by atoms with Gasteiger partial charge in [0, 0.05) is 12.3 Å². The first-order chi connectivity index (χ1) is 6.99. The molecule has 0 spiro atoms. The third-order valence-corrected chi connectivity index (χ3v) is 2.26. The summed E-state index contributed by atoms with van der Waals surface area (Å²) < 4.78 is 0. The van der Waals surface area contributed by atoms with Crippen molar-refractivity contribution in [1.29, 1.82) is 0 Å². The molecule has 1 unspecified atom stereocenters. The normalized spacial score (nSPS) is 24.5. The number of rotatable bonds is 0. The number of ketones is 4. The van der Waals surface area contributed by atoms with Gasteiger partial charge in [-0.1, -0.05) is 6.92 Å². The fourth-order valence-corrected chi connectivity index (χ4v) is 1.37. The number of allylic oxidation sites excluding steroid dienone is 2. The Morgan fingerprint density at radius 1 is 1.00 bits per heavy atom. The van der Waals surface area contributed by atoms with Gasteiger partial charge in [0.25, 0.3) is 0 Å². The summed E-state index contributed by atoms with van der Waals surface area (Å²) in [7, 11) is 0.